The minimum Gasteiger partial charge on any atom is -0.408 e. The largest absolute Gasteiger partial charge is 0.420 e. The maximum Gasteiger partial charge on any atom is 0.420 e. The number of hydrogen-bond donors (Lipinski definition) is 0. The molecule has 0 spiro atoms. The molecule has 20 heavy (non-hydrogen) atoms. The first-order chi connectivity index (χ1) is 9.54. The Hall–Kier alpha value is -1.63. The second-order valence-electron chi connectivity index (χ2n) is 4.64. The number of oxazole rings is 1. The van der Waals surface area contributed by atoms with Gasteiger partial charge in [0.1, 0.15) is 5.82 Å². The van der Waals surface area contributed by atoms with Gasteiger partial charge in [0.05, 0.1) is 12.1 Å². The van der Waals surface area contributed by atoms with E-state index in [1.807, 2.05) is 25.1 Å². The molecule has 0 radical (unpaired) electrons. The van der Waals surface area contributed by atoms with Crippen molar-refractivity contribution in [3.63, 3.8) is 0 Å². The molecule has 0 N–H and O–H groups in total. The van der Waals surface area contributed by atoms with Gasteiger partial charge in [0.25, 0.3) is 0 Å². The van der Waals surface area contributed by atoms with Crippen LogP contribution in [0.3, 0.4) is 0 Å². The molecule has 1 aromatic heterocycles. The van der Waals surface area contributed by atoms with E-state index in [-0.39, 0.29) is 5.82 Å². The summed E-state index contributed by atoms with van der Waals surface area (Å²) in [4.78, 5) is 12.0. The predicted octanol–water partition coefficient (Wildman–Crippen LogP) is 3.69. The predicted molar refractivity (Wildman–Crippen MR) is 83.4 cm³/mol. The molecule has 0 saturated heterocycles. The molecule has 3 aromatic rings. The molecule has 2 aromatic carbocycles. The van der Waals surface area contributed by atoms with Gasteiger partial charge in [-0.3, -0.25) is 4.57 Å². The third kappa shape index (κ3) is 2.37. The van der Waals surface area contributed by atoms with E-state index in [0.717, 1.165) is 20.2 Å². The highest BCUT2D eigenvalue weighted by atomic mass is 127. The molecule has 0 unspecified atom stereocenters. The molecule has 0 atom stereocenters. The standard InChI is InChI=1S/C15H11FINO2/c1-9-2-3-11(16)6-10(9)8-18-13-5-4-12(17)7-14(13)20-15(18)19/h2-7H,8H2,1H3. The molecule has 0 amide bonds. The second-order valence-corrected chi connectivity index (χ2v) is 5.88. The number of halogens is 2. The molecule has 0 aliphatic heterocycles. The van der Waals surface area contributed by atoms with Crippen LogP contribution in [0, 0.1) is 16.3 Å². The van der Waals surface area contributed by atoms with E-state index in [2.05, 4.69) is 22.6 Å². The summed E-state index contributed by atoms with van der Waals surface area (Å²) in [6.07, 6.45) is 0. The fourth-order valence-electron chi connectivity index (χ4n) is 2.17. The zero-order chi connectivity index (χ0) is 14.3. The Bertz CT molecular complexity index is 851. The van der Waals surface area contributed by atoms with Gasteiger partial charge >= 0.3 is 5.76 Å². The minimum atomic E-state index is -0.425. The number of rotatable bonds is 2. The highest BCUT2D eigenvalue weighted by Gasteiger charge is 2.11. The van der Waals surface area contributed by atoms with Crippen molar-refractivity contribution < 1.29 is 8.81 Å². The Morgan fingerprint density at radius 2 is 2.05 bits per heavy atom. The van der Waals surface area contributed by atoms with Gasteiger partial charge in [-0.2, -0.15) is 0 Å². The Balaban J connectivity index is 2.13. The molecule has 102 valence electrons. The van der Waals surface area contributed by atoms with Gasteiger partial charge in [-0.15, -0.1) is 0 Å². The summed E-state index contributed by atoms with van der Waals surface area (Å²) < 4.78 is 21.1. The van der Waals surface area contributed by atoms with Crippen molar-refractivity contribution >= 4 is 33.7 Å². The molecule has 3 rings (SSSR count). The first kappa shape index (κ1) is 13.4. The van der Waals surface area contributed by atoms with Crippen LogP contribution in [0.5, 0.6) is 0 Å². The molecule has 0 aliphatic carbocycles. The van der Waals surface area contributed by atoms with Crippen molar-refractivity contribution in [1.29, 1.82) is 0 Å². The number of fused-ring (bicyclic) bond motifs is 1. The van der Waals surface area contributed by atoms with Crippen LogP contribution in [0.25, 0.3) is 11.1 Å². The summed E-state index contributed by atoms with van der Waals surface area (Å²) in [6, 6.07) is 10.1. The van der Waals surface area contributed by atoms with Crippen molar-refractivity contribution in [3.05, 3.63) is 67.5 Å². The summed E-state index contributed by atoms with van der Waals surface area (Å²) in [5, 5.41) is 0. The van der Waals surface area contributed by atoms with E-state index in [4.69, 9.17) is 4.42 Å². The summed E-state index contributed by atoms with van der Waals surface area (Å²) in [5.41, 5.74) is 2.99. The smallest absolute Gasteiger partial charge is 0.408 e. The first-order valence-electron chi connectivity index (χ1n) is 6.08. The van der Waals surface area contributed by atoms with Crippen LogP contribution >= 0.6 is 22.6 Å². The molecular weight excluding hydrogens is 372 g/mol. The normalized spacial score (nSPS) is 11.2. The van der Waals surface area contributed by atoms with Crippen LogP contribution in [0.15, 0.2) is 45.6 Å². The number of benzene rings is 2. The van der Waals surface area contributed by atoms with E-state index < -0.39 is 5.76 Å². The molecule has 0 fully saturated rings. The average Bonchev–Trinajstić information content (AvgIpc) is 2.69. The van der Waals surface area contributed by atoms with Crippen LogP contribution in [-0.2, 0) is 6.54 Å². The van der Waals surface area contributed by atoms with Crippen LogP contribution < -0.4 is 5.76 Å². The van der Waals surface area contributed by atoms with Crippen molar-refractivity contribution in [2.45, 2.75) is 13.5 Å². The van der Waals surface area contributed by atoms with Crippen molar-refractivity contribution in [2.24, 2.45) is 0 Å². The number of aromatic nitrogens is 1. The third-order valence-corrected chi connectivity index (χ3v) is 3.94. The van der Waals surface area contributed by atoms with Gasteiger partial charge in [0.2, 0.25) is 0 Å². The van der Waals surface area contributed by atoms with Crippen molar-refractivity contribution in [3.8, 4) is 0 Å². The number of hydrogen-bond acceptors (Lipinski definition) is 2. The van der Waals surface area contributed by atoms with Crippen LogP contribution in [0.4, 0.5) is 4.39 Å². The highest BCUT2D eigenvalue weighted by Crippen LogP contribution is 2.19. The fraction of sp³-hybridized carbons (Fsp3) is 0.133. The fourth-order valence-corrected chi connectivity index (χ4v) is 2.63. The average molecular weight is 383 g/mol. The minimum absolute atomic E-state index is 0.302. The Labute approximate surface area is 128 Å². The topological polar surface area (TPSA) is 35.1 Å². The maximum absolute atomic E-state index is 13.3. The van der Waals surface area contributed by atoms with E-state index >= 15 is 0 Å². The van der Waals surface area contributed by atoms with Crippen LogP contribution in [-0.4, -0.2) is 4.57 Å². The molecule has 0 aliphatic rings. The quantitative estimate of drug-likeness (QED) is 0.633. The molecule has 0 bridgehead atoms. The Morgan fingerprint density at radius 1 is 1.25 bits per heavy atom. The van der Waals surface area contributed by atoms with Crippen molar-refractivity contribution in [2.75, 3.05) is 0 Å². The number of aryl methyl sites for hydroxylation is 1. The van der Waals surface area contributed by atoms with E-state index in [0.29, 0.717) is 12.1 Å². The number of nitrogens with zero attached hydrogens (tertiary/aromatic N) is 1. The lowest BCUT2D eigenvalue weighted by atomic mass is 10.1. The summed E-state index contributed by atoms with van der Waals surface area (Å²) in [5.74, 6) is -0.730. The van der Waals surface area contributed by atoms with E-state index in [9.17, 15) is 9.18 Å². The molecular formula is C15H11FINO2. The molecule has 3 nitrogen and oxygen atoms in total. The molecule has 1 heterocycles. The summed E-state index contributed by atoms with van der Waals surface area (Å²) >= 11 is 2.16. The second kappa shape index (κ2) is 5.05. The van der Waals surface area contributed by atoms with Crippen LogP contribution in [0.1, 0.15) is 11.1 Å². The van der Waals surface area contributed by atoms with Gasteiger partial charge < -0.3 is 4.42 Å². The van der Waals surface area contributed by atoms with Gasteiger partial charge in [0, 0.05) is 3.57 Å². The zero-order valence-electron chi connectivity index (χ0n) is 10.7. The molecule has 5 heteroatoms. The van der Waals surface area contributed by atoms with Gasteiger partial charge in [-0.05, 0) is 71.0 Å². The Kier molecular flexibility index (Phi) is 3.37. The van der Waals surface area contributed by atoms with E-state index in [1.165, 1.54) is 16.7 Å². The van der Waals surface area contributed by atoms with Crippen LogP contribution in [0.2, 0.25) is 0 Å². The SMILES string of the molecule is Cc1ccc(F)cc1Cn1c(=O)oc2cc(I)ccc21. The van der Waals surface area contributed by atoms with E-state index in [1.54, 1.807) is 6.07 Å². The lowest BCUT2D eigenvalue weighted by Gasteiger charge is -2.06. The Morgan fingerprint density at radius 3 is 2.85 bits per heavy atom. The van der Waals surface area contributed by atoms with Gasteiger partial charge in [-0.1, -0.05) is 6.07 Å². The molecule has 0 saturated carbocycles. The lowest BCUT2D eigenvalue weighted by Crippen LogP contribution is -2.15. The van der Waals surface area contributed by atoms with Gasteiger partial charge in [-0.25, -0.2) is 9.18 Å². The summed E-state index contributed by atoms with van der Waals surface area (Å²) in [7, 11) is 0. The monoisotopic (exact) mass is 383 g/mol. The highest BCUT2D eigenvalue weighted by molar-refractivity contribution is 14.1. The van der Waals surface area contributed by atoms with Crippen molar-refractivity contribution in [1.82, 2.24) is 4.57 Å². The maximum atomic E-state index is 13.3. The zero-order valence-corrected chi connectivity index (χ0v) is 12.8. The third-order valence-electron chi connectivity index (χ3n) is 3.27. The lowest BCUT2D eigenvalue weighted by molar-refractivity contribution is 0.516. The summed E-state index contributed by atoms with van der Waals surface area (Å²) in [6.45, 7) is 2.20. The first-order valence-corrected chi connectivity index (χ1v) is 7.16. The van der Waals surface area contributed by atoms with Gasteiger partial charge in [0.15, 0.2) is 5.58 Å².